The summed E-state index contributed by atoms with van der Waals surface area (Å²) in [5.41, 5.74) is 0. The molecule has 0 aliphatic carbocycles. The number of nitrogens with zero attached hydrogens (tertiary/aromatic N) is 1. The lowest BCUT2D eigenvalue weighted by Crippen LogP contribution is -2.43. The molecule has 0 amide bonds. The Morgan fingerprint density at radius 2 is 2.00 bits per heavy atom. The van der Waals surface area contributed by atoms with E-state index in [4.69, 9.17) is 4.18 Å². The maximum absolute atomic E-state index is 10.8. The quantitative estimate of drug-likeness (QED) is 0.539. The van der Waals surface area contributed by atoms with Gasteiger partial charge >= 0.3 is 7.05 Å². The van der Waals surface area contributed by atoms with Gasteiger partial charge in [0, 0.05) is 0 Å². The predicted molar refractivity (Wildman–Crippen MR) is 58.9 cm³/mol. The second-order valence-corrected chi connectivity index (χ2v) is 5.74. The first kappa shape index (κ1) is 13.0. The standard InChI is InChI=1S/C8H18BNO4S/c1-9(11)10-5-3-8(4-6-10)7-14-15(2,12)13/h8,11H,3-7H2,1-2H3. The van der Waals surface area contributed by atoms with Gasteiger partial charge in [0.2, 0.25) is 0 Å². The van der Waals surface area contributed by atoms with Gasteiger partial charge in [-0.25, -0.2) is 0 Å². The highest BCUT2D eigenvalue weighted by Crippen LogP contribution is 2.18. The smallest absolute Gasteiger partial charge is 0.376 e. The topological polar surface area (TPSA) is 66.8 Å². The Balaban J connectivity index is 2.26. The van der Waals surface area contributed by atoms with Gasteiger partial charge in [-0.05, 0) is 38.7 Å². The molecule has 5 nitrogen and oxygen atoms in total. The first-order valence-corrected chi connectivity index (χ1v) is 6.96. The molecule has 0 atom stereocenters. The third-order valence-electron chi connectivity index (χ3n) is 2.70. The van der Waals surface area contributed by atoms with Crippen molar-refractivity contribution in [3.8, 4) is 0 Å². The van der Waals surface area contributed by atoms with Crippen LogP contribution in [-0.4, -0.2) is 51.3 Å². The Labute approximate surface area is 91.7 Å². The molecule has 1 fully saturated rings. The predicted octanol–water partition coefficient (Wildman–Crippen LogP) is -0.215. The van der Waals surface area contributed by atoms with Crippen LogP contribution in [-0.2, 0) is 14.3 Å². The highest BCUT2D eigenvalue weighted by atomic mass is 32.2. The number of rotatable bonds is 4. The van der Waals surface area contributed by atoms with Gasteiger partial charge in [0.25, 0.3) is 10.1 Å². The van der Waals surface area contributed by atoms with Gasteiger partial charge in [-0.15, -0.1) is 0 Å². The average Bonchev–Trinajstić information content (AvgIpc) is 2.14. The fourth-order valence-electron chi connectivity index (χ4n) is 1.71. The molecule has 0 saturated carbocycles. The lowest BCUT2D eigenvalue weighted by molar-refractivity contribution is 0.181. The van der Waals surface area contributed by atoms with E-state index in [9.17, 15) is 13.4 Å². The van der Waals surface area contributed by atoms with Gasteiger partial charge < -0.3 is 9.83 Å². The third-order valence-corrected chi connectivity index (χ3v) is 3.26. The van der Waals surface area contributed by atoms with E-state index in [1.54, 1.807) is 6.82 Å². The Kier molecular flexibility index (Phi) is 4.57. The van der Waals surface area contributed by atoms with E-state index in [0.717, 1.165) is 32.2 Å². The molecule has 1 aliphatic heterocycles. The van der Waals surface area contributed by atoms with Crippen molar-refractivity contribution >= 4 is 17.2 Å². The Morgan fingerprint density at radius 3 is 2.40 bits per heavy atom. The Morgan fingerprint density at radius 1 is 1.47 bits per heavy atom. The summed E-state index contributed by atoms with van der Waals surface area (Å²) < 4.78 is 26.3. The summed E-state index contributed by atoms with van der Waals surface area (Å²) in [6, 6.07) is 0. The molecule has 15 heavy (non-hydrogen) atoms. The van der Waals surface area contributed by atoms with E-state index in [1.807, 2.05) is 4.81 Å². The van der Waals surface area contributed by atoms with Gasteiger partial charge in [0.15, 0.2) is 0 Å². The van der Waals surface area contributed by atoms with Crippen LogP contribution in [0.25, 0.3) is 0 Å². The zero-order valence-electron chi connectivity index (χ0n) is 9.22. The molecular formula is C8H18BNO4S. The second kappa shape index (κ2) is 5.29. The van der Waals surface area contributed by atoms with Crippen LogP contribution in [0, 0.1) is 5.92 Å². The highest BCUT2D eigenvalue weighted by Gasteiger charge is 2.24. The molecule has 1 saturated heterocycles. The van der Waals surface area contributed by atoms with Crippen molar-refractivity contribution in [3.63, 3.8) is 0 Å². The number of hydrogen-bond donors (Lipinski definition) is 1. The van der Waals surface area contributed by atoms with E-state index in [2.05, 4.69) is 0 Å². The maximum Gasteiger partial charge on any atom is 0.376 e. The van der Waals surface area contributed by atoms with Gasteiger partial charge in [0.05, 0.1) is 12.9 Å². The number of piperidine rings is 1. The van der Waals surface area contributed by atoms with Crippen molar-refractivity contribution in [3.05, 3.63) is 0 Å². The lowest BCUT2D eigenvalue weighted by atomic mass is 9.81. The minimum atomic E-state index is -3.32. The van der Waals surface area contributed by atoms with Crippen LogP contribution in [0.3, 0.4) is 0 Å². The summed E-state index contributed by atoms with van der Waals surface area (Å²) in [7, 11) is -3.73. The SMILES string of the molecule is CB(O)N1CCC(COS(C)(=O)=O)CC1. The van der Waals surface area contributed by atoms with Crippen molar-refractivity contribution in [2.24, 2.45) is 5.92 Å². The van der Waals surface area contributed by atoms with Crippen molar-refractivity contribution in [1.82, 2.24) is 4.81 Å². The molecule has 1 rings (SSSR count). The molecule has 1 aliphatic rings. The monoisotopic (exact) mass is 235 g/mol. The van der Waals surface area contributed by atoms with Crippen molar-refractivity contribution in [2.75, 3.05) is 26.0 Å². The zero-order chi connectivity index (χ0) is 11.5. The molecule has 0 aromatic carbocycles. The summed E-state index contributed by atoms with van der Waals surface area (Å²) in [6.45, 7) is 3.62. The minimum Gasteiger partial charge on any atom is -0.437 e. The minimum absolute atomic E-state index is 0.270. The first-order valence-electron chi connectivity index (χ1n) is 5.15. The van der Waals surface area contributed by atoms with Gasteiger partial charge in [-0.3, -0.25) is 4.18 Å². The van der Waals surface area contributed by atoms with Crippen molar-refractivity contribution < 1.29 is 17.6 Å². The highest BCUT2D eigenvalue weighted by molar-refractivity contribution is 7.85. The molecule has 0 aromatic heterocycles. The summed E-state index contributed by atoms with van der Waals surface area (Å²) in [5.74, 6) is 0.287. The average molecular weight is 235 g/mol. The molecule has 88 valence electrons. The largest absolute Gasteiger partial charge is 0.437 e. The molecule has 0 spiro atoms. The van der Waals surface area contributed by atoms with Crippen LogP contribution in [0.5, 0.6) is 0 Å². The van der Waals surface area contributed by atoms with Crippen LogP contribution in [0.2, 0.25) is 6.82 Å². The molecule has 1 N–H and O–H groups in total. The fourth-order valence-corrected chi connectivity index (χ4v) is 2.15. The molecular weight excluding hydrogens is 217 g/mol. The van der Waals surface area contributed by atoms with Crippen molar-refractivity contribution in [2.45, 2.75) is 19.7 Å². The van der Waals surface area contributed by atoms with E-state index < -0.39 is 17.2 Å². The fraction of sp³-hybridized carbons (Fsp3) is 1.00. The Bertz CT molecular complexity index is 285. The van der Waals surface area contributed by atoms with E-state index >= 15 is 0 Å². The van der Waals surface area contributed by atoms with Gasteiger partial charge in [-0.2, -0.15) is 8.42 Å². The molecule has 0 aromatic rings. The first-order chi connectivity index (χ1) is 6.88. The Hall–Kier alpha value is -0.105. The van der Waals surface area contributed by atoms with Crippen LogP contribution in [0.15, 0.2) is 0 Å². The lowest BCUT2D eigenvalue weighted by Gasteiger charge is -2.32. The summed E-state index contributed by atoms with van der Waals surface area (Å²) in [5, 5.41) is 9.32. The molecule has 0 unspecified atom stereocenters. The maximum atomic E-state index is 10.8. The molecule has 7 heteroatoms. The van der Waals surface area contributed by atoms with Crippen molar-refractivity contribution in [1.29, 1.82) is 0 Å². The van der Waals surface area contributed by atoms with E-state index in [-0.39, 0.29) is 12.5 Å². The second-order valence-electron chi connectivity index (χ2n) is 4.10. The van der Waals surface area contributed by atoms with Gasteiger partial charge in [0.1, 0.15) is 0 Å². The third kappa shape index (κ3) is 4.97. The van der Waals surface area contributed by atoms with Gasteiger partial charge in [-0.1, -0.05) is 0 Å². The summed E-state index contributed by atoms with van der Waals surface area (Å²) in [4.78, 5) is 1.97. The number of hydrogen-bond acceptors (Lipinski definition) is 5. The molecule has 1 heterocycles. The zero-order valence-corrected chi connectivity index (χ0v) is 10.0. The molecule has 0 bridgehead atoms. The summed E-state index contributed by atoms with van der Waals surface area (Å²) in [6.07, 6.45) is 2.82. The van der Waals surface area contributed by atoms with Crippen LogP contribution < -0.4 is 0 Å². The van der Waals surface area contributed by atoms with E-state index in [1.165, 1.54) is 0 Å². The summed E-state index contributed by atoms with van der Waals surface area (Å²) >= 11 is 0. The van der Waals surface area contributed by atoms with Crippen LogP contribution >= 0.6 is 0 Å². The van der Waals surface area contributed by atoms with Crippen LogP contribution in [0.4, 0.5) is 0 Å². The van der Waals surface area contributed by atoms with Crippen LogP contribution in [0.1, 0.15) is 12.8 Å². The molecule has 0 radical (unpaired) electrons. The van der Waals surface area contributed by atoms with E-state index in [0.29, 0.717) is 0 Å². The normalized spacial score (nSPS) is 20.5.